The van der Waals surface area contributed by atoms with Crippen molar-refractivity contribution in [1.82, 2.24) is 0 Å². The molecule has 0 bridgehead atoms. The van der Waals surface area contributed by atoms with E-state index >= 15 is 0 Å². The quantitative estimate of drug-likeness (QED) is 0.384. The van der Waals surface area contributed by atoms with Crippen molar-refractivity contribution in [3.63, 3.8) is 0 Å². The van der Waals surface area contributed by atoms with E-state index in [2.05, 4.69) is 11.3 Å². The van der Waals surface area contributed by atoms with Crippen LogP contribution in [0.25, 0.3) is 0 Å². The van der Waals surface area contributed by atoms with Gasteiger partial charge in [0.2, 0.25) is 0 Å². The van der Waals surface area contributed by atoms with Crippen molar-refractivity contribution >= 4 is 12.1 Å². The van der Waals surface area contributed by atoms with E-state index in [-0.39, 0.29) is 26.2 Å². The zero-order valence-corrected chi connectivity index (χ0v) is 6.91. The summed E-state index contributed by atoms with van der Waals surface area (Å²) in [7, 11) is 0. The molecule has 0 heterocycles. The zero-order valence-electron chi connectivity index (χ0n) is 4.46. The average Bonchev–Trinajstić information content (AvgIpc) is 1.65. The van der Waals surface area contributed by atoms with Gasteiger partial charge in [-0.15, -0.1) is 0 Å². The number of hydrogen-bond acceptors (Lipinski definition) is 3. The van der Waals surface area contributed by atoms with Crippen molar-refractivity contribution in [2.45, 2.75) is 0 Å². The average molecular weight is 207 g/mol. The van der Waals surface area contributed by atoms with Crippen molar-refractivity contribution in [2.75, 3.05) is 0 Å². The second-order valence-corrected chi connectivity index (χ2v) is 0.891. The number of carbonyl (C=O) groups is 2. The van der Waals surface area contributed by atoms with Crippen molar-refractivity contribution in [1.29, 1.82) is 0 Å². The molecule has 0 aromatic carbocycles. The smallest absolute Gasteiger partial charge is 0.449 e. The molecule has 0 aliphatic rings. The van der Waals surface area contributed by atoms with Gasteiger partial charge in [0.05, 0.1) is 0 Å². The van der Waals surface area contributed by atoms with Crippen LogP contribution in [-0.2, 0) is 35.7 Å². The summed E-state index contributed by atoms with van der Waals surface area (Å²) in [6.45, 7) is 2.98. The van der Waals surface area contributed by atoms with Gasteiger partial charge in [-0.1, -0.05) is 6.58 Å². The fourth-order valence-corrected chi connectivity index (χ4v) is 0.128. The van der Waals surface area contributed by atoms with Gasteiger partial charge in [-0.2, -0.15) is 0 Å². The molecule has 9 heavy (non-hydrogen) atoms. The molecule has 0 aliphatic heterocycles. The number of carboxylic acid groups (broad SMARTS) is 1. The molecule has 0 radical (unpaired) electrons. The summed E-state index contributed by atoms with van der Waals surface area (Å²) in [5.74, 6) is -0.961. The first-order valence-electron chi connectivity index (χ1n) is 1.74. The maximum absolute atomic E-state index is 9.90. The second-order valence-electron chi connectivity index (χ2n) is 0.891. The molecule has 0 aromatic heterocycles. The van der Waals surface area contributed by atoms with Gasteiger partial charge in [0.1, 0.15) is 0 Å². The van der Waals surface area contributed by atoms with E-state index in [0.717, 1.165) is 6.08 Å². The number of ether oxygens (including phenoxy) is 1. The third-order valence-corrected chi connectivity index (χ3v) is 0.355. The molecule has 5 heteroatoms. The van der Waals surface area contributed by atoms with Crippen molar-refractivity contribution < 1.29 is 45.6 Å². The van der Waals surface area contributed by atoms with E-state index in [1.54, 1.807) is 0 Å². The Morgan fingerprint density at radius 3 is 2.11 bits per heavy atom. The number of carbonyl (C=O) groups excluding carboxylic acids is 1. The third-order valence-electron chi connectivity index (χ3n) is 0.355. The molecule has 0 fully saturated rings. The summed E-state index contributed by atoms with van der Waals surface area (Å²) in [5.41, 5.74) is 0. The summed E-state index contributed by atoms with van der Waals surface area (Å²) in [6, 6.07) is 0. The van der Waals surface area contributed by atoms with E-state index in [4.69, 9.17) is 5.11 Å². The molecule has 0 aliphatic carbocycles. The topological polar surface area (TPSA) is 63.6 Å². The zero-order chi connectivity index (χ0) is 6.57. The van der Waals surface area contributed by atoms with E-state index in [1.165, 1.54) is 0 Å². The largest absolute Gasteiger partial charge is 0.513 e. The minimum atomic E-state index is -1.62. The van der Waals surface area contributed by atoms with Gasteiger partial charge in [-0.25, -0.2) is 9.59 Å². The molecule has 48 valence electrons. The van der Waals surface area contributed by atoms with Gasteiger partial charge in [0, 0.05) is 32.3 Å². The molecule has 0 spiro atoms. The van der Waals surface area contributed by atoms with Gasteiger partial charge in [0.25, 0.3) is 0 Å². The van der Waals surface area contributed by atoms with Crippen LogP contribution >= 0.6 is 0 Å². The van der Waals surface area contributed by atoms with Gasteiger partial charge in [-0.05, 0) is 0 Å². The minimum Gasteiger partial charge on any atom is -0.449 e. The Morgan fingerprint density at radius 2 is 2.00 bits per heavy atom. The first kappa shape index (κ1) is 11.4. The first-order chi connectivity index (χ1) is 3.66. The van der Waals surface area contributed by atoms with E-state index in [1.807, 2.05) is 0 Å². The van der Waals surface area contributed by atoms with Crippen LogP contribution in [0.2, 0.25) is 0 Å². The molecule has 0 atom stereocenters. The van der Waals surface area contributed by atoms with Crippen LogP contribution in [0.5, 0.6) is 0 Å². The van der Waals surface area contributed by atoms with Crippen LogP contribution in [0, 0.1) is 0 Å². The molecular formula is C4H4O4Zr. The molecule has 0 saturated heterocycles. The number of rotatable bonds is 1. The van der Waals surface area contributed by atoms with E-state index < -0.39 is 12.1 Å². The Balaban J connectivity index is 0. The first-order valence-corrected chi connectivity index (χ1v) is 1.74. The normalized spacial score (nSPS) is 6.67. The fourth-order valence-electron chi connectivity index (χ4n) is 0.128. The molecule has 0 unspecified atom stereocenters. The van der Waals surface area contributed by atoms with Crippen molar-refractivity contribution in [3.05, 3.63) is 12.7 Å². The monoisotopic (exact) mass is 206 g/mol. The predicted molar refractivity (Wildman–Crippen MR) is 24.3 cm³/mol. The summed E-state index contributed by atoms with van der Waals surface area (Å²) in [6.07, 6.45) is -0.844. The van der Waals surface area contributed by atoms with E-state index in [9.17, 15) is 9.59 Å². The standard InChI is InChI=1S/C4H4O4.Zr/c1-2-3(5)8-4(6)7;/h2H,1H2,(H,6,7);. The summed E-state index contributed by atoms with van der Waals surface area (Å²) in [4.78, 5) is 19.4. The molecule has 0 amide bonds. The van der Waals surface area contributed by atoms with Crippen molar-refractivity contribution in [3.8, 4) is 0 Å². The summed E-state index contributed by atoms with van der Waals surface area (Å²) in [5, 5.41) is 7.72. The van der Waals surface area contributed by atoms with Gasteiger partial charge < -0.3 is 9.84 Å². The molecule has 1 N–H and O–H groups in total. The number of hydrogen-bond donors (Lipinski definition) is 1. The van der Waals surface area contributed by atoms with Crippen LogP contribution in [0.3, 0.4) is 0 Å². The Bertz CT molecular complexity index is 131. The van der Waals surface area contributed by atoms with E-state index in [0.29, 0.717) is 0 Å². The van der Waals surface area contributed by atoms with Crippen LogP contribution in [0.4, 0.5) is 4.79 Å². The fraction of sp³-hybridized carbons (Fsp3) is 0. The molecule has 0 aromatic rings. The van der Waals surface area contributed by atoms with Gasteiger partial charge >= 0.3 is 12.1 Å². The maximum Gasteiger partial charge on any atom is 0.513 e. The van der Waals surface area contributed by atoms with Gasteiger partial charge in [0.15, 0.2) is 0 Å². The number of esters is 1. The predicted octanol–water partition coefficient (Wildman–Crippen LogP) is 0.391. The third kappa shape index (κ3) is 7.56. The second kappa shape index (κ2) is 5.70. The summed E-state index contributed by atoms with van der Waals surface area (Å²) < 4.78 is 3.56. The van der Waals surface area contributed by atoms with Crippen LogP contribution in [0.1, 0.15) is 0 Å². The van der Waals surface area contributed by atoms with Crippen molar-refractivity contribution in [2.24, 2.45) is 0 Å². The van der Waals surface area contributed by atoms with Crippen LogP contribution in [-0.4, -0.2) is 17.2 Å². The SMILES string of the molecule is C=CC(=O)OC(=O)O.[Zr]. The molecule has 4 nitrogen and oxygen atoms in total. The minimum absolute atomic E-state index is 0. The van der Waals surface area contributed by atoms with Gasteiger partial charge in [-0.3, -0.25) is 0 Å². The molecular weight excluding hydrogens is 203 g/mol. The Morgan fingerprint density at radius 1 is 1.56 bits per heavy atom. The summed E-state index contributed by atoms with van der Waals surface area (Å²) >= 11 is 0. The van der Waals surface area contributed by atoms with Crippen LogP contribution in [0.15, 0.2) is 12.7 Å². The Kier molecular flexibility index (Phi) is 7.20. The molecule has 0 saturated carbocycles. The Labute approximate surface area is 70.6 Å². The molecule has 0 rings (SSSR count). The Hall–Kier alpha value is -0.437. The van der Waals surface area contributed by atoms with Crippen LogP contribution < -0.4 is 0 Å². The maximum atomic E-state index is 9.90.